The van der Waals surface area contributed by atoms with Gasteiger partial charge in [-0.1, -0.05) is 103 Å². The lowest BCUT2D eigenvalue weighted by Crippen LogP contribution is -2.09. The van der Waals surface area contributed by atoms with Crippen molar-refractivity contribution in [3.05, 3.63) is 140 Å². The van der Waals surface area contributed by atoms with Crippen LogP contribution in [0.3, 0.4) is 0 Å². The van der Waals surface area contributed by atoms with Crippen LogP contribution in [0.1, 0.15) is 0 Å². The number of benzene rings is 7. The van der Waals surface area contributed by atoms with Gasteiger partial charge in [0.15, 0.2) is 0 Å². The smallest absolute Gasteiger partial charge is 0.0626 e. The SMILES string of the molecule is CN(c1ccccc1)c1cccc2c1c1c3ccccc3c3ccccc3c1n2-c1ccc2ccccc2c1. The highest BCUT2D eigenvalue weighted by Gasteiger charge is 2.22. The van der Waals surface area contributed by atoms with E-state index in [1.54, 1.807) is 0 Å². The van der Waals surface area contributed by atoms with Gasteiger partial charge in [-0.05, 0) is 63.3 Å². The molecule has 184 valence electrons. The Hall–Kier alpha value is -5.08. The van der Waals surface area contributed by atoms with Crippen LogP contribution < -0.4 is 4.90 Å². The second-order valence-corrected chi connectivity index (χ2v) is 10.2. The summed E-state index contributed by atoms with van der Waals surface area (Å²) in [6.07, 6.45) is 0. The molecule has 8 aromatic rings. The Morgan fingerprint density at radius 3 is 1.92 bits per heavy atom. The monoisotopic (exact) mass is 498 g/mol. The van der Waals surface area contributed by atoms with Gasteiger partial charge in [-0.25, -0.2) is 0 Å². The fourth-order valence-corrected chi connectivity index (χ4v) is 6.35. The Morgan fingerprint density at radius 1 is 0.487 bits per heavy atom. The zero-order valence-corrected chi connectivity index (χ0v) is 21.7. The number of hydrogen-bond donors (Lipinski definition) is 0. The maximum Gasteiger partial charge on any atom is 0.0626 e. The summed E-state index contributed by atoms with van der Waals surface area (Å²) in [5.41, 5.74) is 6.00. The molecule has 0 saturated heterocycles. The van der Waals surface area contributed by atoms with Gasteiger partial charge < -0.3 is 9.47 Å². The minimum atomic E-state index is 1.17. The Kier molecular flexibility index (Phi) is 4.77. The molecule has 1 aromatic heterocycles. The summed E-state index contributed by atoms with van der Waals surface area (Å²) in [6.45, 7) is 0. The van der Waals surface area contributed by atoms with E-state index in [1.807, 2.05) is 0 Å². The lowest BCUT2D eigenvalue weighted by atomic mass is 9.96. The summed E-state index contributed by atoms with van der Waals surface area (Å²) in [6, 6.07) is 50.5. The van der Waals surface area contributed by atoms with Crippen LogP contribution in [0.5, 0.6) is 0 Å². The van der Waals surface area contributed by atoms with Crippen LogP contribution >= 0.6 is 0 Å². The molecular formula is C37H26N2. The molecule has 0 saturated carbocycles. The van der Waals surface area contributed by atoms with Crippen LogP contribution in [0.4, 0.5) is 11.4 Å². The molecule has 7 aromatic carbocycles. The quantitative estimate of drug-likeness (QED) is 0.220. The number of fused-ring (bicyclic) bond motifs is 9. The van der Waals surface area contributed by atoms with Gasteiger partial charge in [0.25, 0.3) is 0 Å². The van der Waals surface area contributed by atoms with Crippen molar-refractivity contribution in [1.82, 2.24) is 4.57 Å². The van der Waals surface area contributed by atoms with Gasteiger partial charge in [0.2, 0.25) is 0 Å². The highest BCUT2D eigenvalue weighted by molar-refractivity contribution is 6.34. The summed E-state index contributed by atoms with van der Waals surface area (Å²) in [7, 11) is 2.17. The first-order chi connectivity index (χ1) is 19.3. The number of anilines is 2. The molecule has 0 aliphatic rings. The molecule has 0 fully saturated rings. The third-order valence-electron chi connectivity index (χ3n) is 8.14. The molecule has 2 heteroatoms. The van der Waals surface area contributed by atoms with Crippen molar-refractivity contribution >= 4 is 65.5 Å². The van der Waals surface area contributed by atoms with Gasteiger partial charge in [0, 0.05) is 34.6 Å². The van der Waals surface area contributed by atoms with Gasteiger partial charge in [0.1, 0.15) is 0 Å². The van der Waals surface area contributed by atoms with E-state index < -0.39 is 0 Å². The van der Waals surface area contributed by atoms with E-state index in [1.165, 1.54) is 71.2 Å². The van der Waals surface area contributed by atoms with Gasteiger partial charge in [0.05, 0.1) is 16.7 Å². The largest absolute Gasteiger partial charge is 0.344 e. The maximum atomic E-state index is 2.48. The van der Waals surface area contributed by atoms with Crippen molar-refractivity contribution in [2.75, 3.05) is 11.9 Å². The number of nitrogens with zero attached hydrogens (tertiary/aromatic N) is 2. The lowest BCUT2D eigenvalue weighted by molar-refractivity contribution is 1.19. The van der Waals surface area contributed by atoms with Crippen molar-refractivity contribution in [3.63, 3.8) is 0 Å². The predicted molar refractivity (Wildman–Crippen MR) is 168 cm³/mol. The molecule has 1 heterocycles. The van der Waals surface area contributed by atoms with Crippen molar-refractivity contribution < 1.29 is 0 Å². The first-order valence-corrected chi connectivity index (χ1v) is 13.4. The third-order valence-corrected chi connectivity index (χ3v) is 8.14. The molecule has 0 atom stereocenters. The van der Waals surface area contributed by atoms with E-state index in [-0.39, 0.29) is 0 Å². The fraction of sp³-hybridized carbons (Fsp3) is 0.0270. The minimum absolute atomic E-state index is 1.17. The topological polar surface area (TPSA) is 8.17 Å². The average Bonchev–Trinajstić information content (AvgIpc) is 3.37. The summed E-state index contributed by atoms with van der Waals surface area (Å²) in [4.78, 5) is 2.32. The van der Waals surface area contributed by atoms with E-state index in [4.69, 9.17) is 0 Å². The zero-order chi connectivity index (χ0) is 25.9. The van der Waals surface area contributed by atoms with Crippen LogP contribution in [-0.4, -0.2) is 11.6 Å². The molecule has 0 aliphatic carbocycles. The van der Waals surface area contributed by atoms with Crippen LogP contribution in [0, 0.1) is 0 Å². The number of rotatable bonds is 3. The summed E-state index contributed by atoms with van der Waals surface area (Å²) >= 11 is 0. The normalized spacial score (nSPS) is 11.7. The molecule has 39 heavy (non-hydrogen) atoms. The Balaban J connectivity index is 1.61. The second-order valence-electron chi connectivity index (χ2n) is 10.2. The molecule has 8 rings (SSSR count). The van der Waals surface area contributed by atoms with Crippen molar-refractivity contribution in [3.8, 4) is 5.69 Å². The molecule has 0 N–H and O–H groups in total. The minimum Gasteiger partial charge on any atom is -0.344 e. The first-order valence-electron chi connectivity index (χ1n) is 13.4. The average molecular weight is 499 g/mol. The highest BCUT2D eigenvalue weighted by atomic mass is 15.1. The Labute approximate surface area is 226 Å². The molecular weight excluding hydrogens is 472 g/mol. The summed E-state index contributed by atoms with van der Waals surface area (Å²) < 4.78 is 2.48. The first kappa shape index (κ1) is 22.0. The van der Waals surface area contributed by atoms with Crippen molar-refractivity contribution in [2.24, 2.45) is 0 Å². The third kappa shape index (κ3) is 3.22. The molecule has 0 spiro atoms. The van der Waals surface area contributed by atoms with Crippen molar-refractivity contribution in [1.29, 1.82) is 0 Å². The fourth-order valence-electron chi connectivity index (χ4n) is 6.35. The van der Waals surface area contributed by atoms with Crippen LogP contribution in [0.2, 0.25) is 0 Å². The van der Waals surface area contributed by atoms with Crippen molar-refractivity contribution in [2.45, 2.75) is 0 Å². The zero-order valence-electron chi connectivity index (χ0n) is 21.7. The van der Waals surface area contributed by atoms with E-state index in [2.05, 4.69) is 156 Å². The van der Waals surface area contributed by atoms with E-state index in [0.717, 1.165) is 0 Å². The Bertz CT molecular complexity index is 2190. The molecule has 0 unspecified atom stereocenters. The lowest BCUT2D eigenvalue weighted by Gasteiger charge is -2.21. The molecule has 0 aliphatic heterocycles. The molecule has 2 nitrogen and oxygen atoms in total. The second kappa shape index (κ2) is 8.47. The summed E-state index contributed by atoms with van der Waals surface area (Å²) in [5.74, 6) is 0. The highest BCUT2D eigenvalue weighted by Crippen LogP contribution is 2.46. The standard InChI is InChI=1S/C37H26N2/c1-38(27-14-3-2-4-15-27)33-20-11-21-34-36(33)35-31-18-9-7-16-29(31)30-17-8-10-19-32(30)37(35)39(34)28-23-22-25-12-5-6-13-26(25)24-28/h2-24H,1H3. The van der Waals surface area contributed by atoms with E-state index >= 15 is 0 Å². The number of hydrogen-bond acceptors (Lipinski definition) is 1. The predicted octanol–water partition coefficient (Wildman–Crippen LogP) is 10.0. The summed E-state index contributed by atoms with van der Waals surface area (Å²) in [5, 5.41) is 10.2. The van der Waals surface area contributed by atoms with E-state index in [9.17, 15) is 0 Å². The number of aromatic nitrogens is 1. The molecule has 0 amide bonds. The van der Waals surface area contributed by atoms with Gasteiger partial charge >= 0.3 is 0 Å². The molecule has 0 bridgehead atoms. The number of para-hydroxylation sites is 1. The van der Waals surface area contributed by atoms with Crippen LogP contribution in [-0.2, 0) is 0 Å². The van der Waals surface area contributed by atoms with E-state index in [0.29, 0.717) is 0 Å². The Morgan fingerprint density at radius 2 is 1.13 bits per heavy atom. The van der Waals surface area contributed by atoms with Gasteiger partial charge in [-0.3, -0.25) is 0 Å². The molecule has 0 radical (unpaired) electrons. The maximum absolute atomic E-state index is 2.48. The van der Waals surface area contributed by atoms with Gasteiger partial charge in [-0.2, -0.15) is 0 Å². The van der Waals surface area contributed by atoms with Crippen LogP contribution in [0.15, 0.2) is 140 Å². The van der Waals surface area contributed by atoms with Gasteiger partial charge in [-0.15, -0.1) is 0 Å². The van der Waals surface area contributed by atoms with Crippen LogP contribution in [0.25, 0.3) is 59.8 Å².